The minimum absolute atomic E-state index is 0.0494. The molecular weight excluding hydrogens is 168 g/mol. The van der Waals surface area contributed by atoms with Gasteiger partial charge in [0, 0.05) is 13.6 Å². The molecule has 0 radical (unpaired) electrons. The van der Waals surface area contributed by atoms with Crippen molar-refractivity contribution in [3.8, 4) is 0 Å². The van der Waals surface area contributed by atoms with Crippen LogP contribution in [0.3, 0.4) is 0 Å². The molecule has 0 N–H and O–H groups in total. The van der Waals surface area contributed by atoms with Crippen LogP contribution < -0.4 is 0 Å². The highest BCUT2D eigenvalue weighted by Gasteiger charge is 2.41. The Morgan fingerprint density at radius 2 is 2.08 bits per heavy atom. The maximum atomic E-state index is 11.4. The molecule has 1 saturated heterocycles. The van der Waals surface area contributed by atoms with Crippen LogP contribution in [0.1, 0.15) is 13.3 Å². The van der Waals surface area contributed by atoms with Gasteiger partial charge in [-0.2, -0.15) is 0 Å². The number of carbonyl (C=O) groups is 2. The maximum absolute atomic E-state index is 11.4. The van der Waals surface area contributed by atoms with Crippen molar-refractivity contribution in [2.24, 2.45) is 11.8 Å². The van der Waals surface area contributed by atoms with Crippen molar-refractivity contribution in [1.82, 2.24) is 9.80 Å². The molecule has 4 nitrogen and oxygen atoms in total. The molecule has 2 atom stereocenters. The van der Waals surface area contributed by atoms with Crippen LogP contribution >= 0.6 is 0 Å². The van der Waals surface area contributed by atoms with Crippen molar-refractivity contribution < 1.29 is 9.59 Å². The number of urea groups is 1. The fraction of sp³-hybridized carbons (Fsp3) is 0.778. The van der Waals surface area contributed by atoms with E-state index in [0.717, 1.165) is 6.42 Å². The van der Waals surface area contributed by atoms with E-state index >= 15 is 0 Å². The van der Waals surface area contributed by atoms with E-state index in [9.17, 15) is 9.59 Å². The van der Waals surface area contributed by atoms with Crippen molar-refractivity contribution in [3.05, 3.63) is 0 Å². The van der Waals surface area contributed by atoms with Crippen LogP contribution in [0.2, 0.25) is 0 Å². The lowest BCUT2D eigenvalue weighted by Gasteiger charge is -2.13. The third-order valence-electron chi connectivity index (χ3n) is 2.92. The summed E-state index contributed by atoms with van der Waals surface area (Å²) in [4.78, 5) is 25.6. The summed E-state index contributed by atoms with van der Waals surface area (Å²) in [6, 6.07) is -0.135. The van der Waals surface area contributed by atoms with Gasteiger partial charge in [-0.05, 0) is 18.3 Å². The van der Waals surface area contributed by atoms with Crippen LogP contribution in [0.5, 0.6) is 0 Å². The molecule has 1 saturated carbocycles. The molecule has 72 valence electrons. The van der Waals surface area contributed by atoms with Crippen molar-refractivity contribution in [1.29, 1.82) is 0 Å². The number of nitrogens with zero attached hydrogens (tertiary/aromatic N) is 2. The Labute approximate surface area is 77.5 Å². The molecule has 2 aliphatic rings. The predicted octanol–water partition coefficient (Wildman–Crippen LogP) is 0.536. The van der Waals surface area contributed by atoms with E-state index < -0.39 is 0 Å². The second kappa shape index (κ2) is 2.72. The molecule has 1 heterocycles. The third-order valence-corrected chi connectivity index (χ3v) is 2.92. The highest BCUT2D eigenvalue weighted by atomic mass is 16.2. The molecule has 4 heteroatoms. The normalized spacial score (nSPS) is 33.1. The van der Waals surface area contributed by atoms with Crippen molar-refractivity contribution in [3.63, 3.8) is 0 Å². The van der Waals surface area contributed by atoms with E-state index in [1.165, 1.54) is 9.80 Å². The summed E-state index contributed by atoms with van der Waals surface area (Å²) in [6.07, 6.45) is 1.15. The minimum Gasteiger partial charge on any atom is -0.318 e. The minimum atomic E-state index is -0.135. The molecule has 1 aliphatic heterocycles. The fourth-order valence-corrected chi connectivity index (χ4v) is 1.74. The molecule has 0 spiro atoms. The first-order valence-corrected chi connectivity index (χ1v) is 4.65. The molecule has 0 aromatic rings. The van der Waals surface area contributed by atoms with Gasteiger partial charge in [-0.25, -0.2) is 4.79 Å². The lowest BCUT2D eigenvalue weighted by molar-refractivity contribution is -0.125. The molecule has 13 heavy (non-hydrogen) atoms. The third kappa shape index (κ3) is 1.41. The fourth-order valence-electron chi connectivity index (χ4n) is 1.74. The number of rotatable bonds is 2. The summed E-state index contributed by atoms with van der Waals surface area (Å²) in [5.41, 5.74) is 0. The number of hydrogen-bond acceptors (Lipinski definition) is 2. The van der Waals surface area contributed by atoms with Crippen LogP contribution in [-0.4, -0.2) is 41.9 Å². The maximum Gasteiger partial charge on any atom is 0.326 e. The molecular formula is C9H14N2O2. The van der Waals surface area contributed by atoms with Crippen LogP contribution in [0.25, 0.3) is 0 Å². The monoisotopic (exact) mass is 182 g/mol. The number of likely N-dealkylation sites (N-methyl/N-ethyl adjacent to an activating group) is 1. The lowest BCUT2D eigenvalue weighted by Crippen LogP contribution is -2.33. The number of hydrogen-bond donors (Lipinski definition) is 0. The average Bonchev–Trinajstić information content (AvgIpc) is 2.70. The average molecular weight is 182 g/mol. The molecule has 1 aliphatic carbocycles. The van der Waals surface area contributed by atoms with E-state index in [2.05, 4.69) is 6.92 Å². The van der Waals surface area contributed by atoms with Gasteiger partial charge in [0.05, 0.1) is 0 Å². The second-order valence-electron chi connectivity index (χ2n) is 4.12. The largest absolute Gasteiger partial charge is 0.326 e. The summed E-state index contributed by atoms with van der Waals surface area (Å²) in [5, 5.41) is 0. The summed E-state index contributed by atoms with van der Waals surface area (Å²) in [5.74, 6) is 1.19. The second-order valence-corrected chi connectivity index (χ2v) is 4.12. The van der Waals surface area contributed by atoms with E-state index in [-0.39, 0.29) is 18.5 Å². The zero-order chi connectivity index (χ0) is 9.59. The van der Waals surface area contributed by atoms with Gasteiger partial charge in [-0.15, -0.1) is 0 Å². The Kier molecular flexibility index (Phi) is 1.78. The lowest BCUT2D eigenvalue weighted by atomic mass is 10.3. The summed E-state index contributed by atoms with van der Waals surface area (Å²) in [6.45, 7) is 3.03. The van der Waals surface area contributed by atoms with Crippen molar-refractivity contribution in [2.45, 2.75) is 13.3 Å². The summed E-state index contributed by atoms with van der Waals surface area (Å²) in [7, 11) is 1.66. The SMILES string of the molecule is CC1CC1CN1C(=O)CN(C)C1=O. The van der Waals surface area contributed by atoms with E-state index in [1.807, 2.05) is 0 Å². The number of carbonyl (C=O) groups excluding carboxylic acids is 2. The zero-order valence-electron chi connectivity index (χ0n) is 7.99. The van der Waals surface area contributed by atoms with Gasteiger partial charge in [-0.1, -0.05) is 6.92 Å². The Hall–Kier alpha value is -1.06. The van der Waals surface area contributed by atoms with Gasteiger partial charge in [-0.3, -0.25) is 9.69 Å². The van der Waals surface area contributed by atoms with Gasteiger partial charge in [0.1, 0.15) is 6.54 Å². The first kappa shape index (κ1) is 8.53. The molecule has 2 rings (SSSR count). The number of amides is 3. The quantitative estimate of drug-likeness (QED) is 0.585. The molecule has 0 aromatic heterocycles. The highest BCUT2D eigenvalue weighted by molar-refractivity contribution is 6.01. The van der Waals surface area contributed by atoms with Crippen LogP contribution in [0.4, 0.5) is 4.79 Å². The Morgan fingerprint density at radius 1 is 1.46 bits per heavy atom. The van der Waals surface area contributed by atoms with Crippen molar-refractivity contribution >= 4 is 11.9 Å². The van der Waals surface area contributed by atoms with Crippen LogP contribution in [0, 0.1) is 11.8 Å². The van der Waals surface area contributed by atoms with Gasteiger partial charge in [0.15, 0.2) is 0 Å². The molecule has 0 aromatic carbocycles. The molecule has 2 unspecified atom stereocenters. The predicted molar refractivity (Wildman–Crippen MR) is 47.0 cm³/mol. The van der Waals surface area contributed by atoms with Crippen LogP contribution in [0.15, 0.2) is 0 Å². The van der Waals surface area contributed by atoms with Gasteiger partial charge >= 0.3 is 6.03 Å². The summed E-state index contributed by atoms with van der Waals surface area (Å²) < 4.78 is 0. The molecule has 0 bridgehead atoms. The van der Waals surface area contributed by atoms with Crippen LogP contribution in [-0.2, 0) is 4.79 Å². The smallest absolute Gasteiger partial charge is 0.318 e. The Balaban J connectivity index is 1.98. The highest BCUT2D eigenvalue weighted by Crippen LogP contribution is 2.38. The van der Waals surface area contributed by atoms with Gasteiger partial charge in [0.2, 0.25) is 5.91 Å². The van der Waals surface area contributed by atoms with Gasteiger partial charge in [0.25, 0.3) is 0 Å². The Bertz CT molecular complexity index is 264. The standard InChI is InChI=1S/C9H14N2O2/c1-6-3-7(6)4-11-8(12)5-10(2)9(11)13/h6-7H,3-5H2,1-2H3. The first-order valence-electron chi connectivity index (χ1n) is 4.65. The molecule has 2 fully saturated rings. The van der Waals surface area contributed by atoms with Gasteiger partial charge < -0.3 is 4.90 Å². The van der Waals surface area contributed by atoms with Crippen molar-refractivity contribution in [2.75, 3.05) is 20.1 Å². The zero-order valence-corrected chi connectivity index (χ0v) is 7.99. The topological polar surface area (TPSA) is 40.6 Å². The van der Waals surface area contributed by atoms with E-state index in [4.69, 9.17) is 0 Å². The Morgan fingerprint density at radius 3 is 2.46 bits per heavy atom. The first-order chi connectivity index (χ1) is 6.09. The summed E-state index contributed by atoms with van der Waals surface area (Å²) >= 11 is 0. The number of imide groups is 1. The van der Waals surface area contributed by atoms with E-state index in [0.29, 0.717) is 18.4 Å². The molecule has 3 amide bonds. The van der Waals surface area contributed by atoms with E-state index in [1.54, 1.807) is 7.05 Å².